The molecule has 0 radical (unpaired) electrons. The molecule has 1 atom stereocenters. The van der Waals surface area contributed by atoms with E-state index in [4.69, 9.17) is 4.74 Å². The number of nitrogens with zero attached hydrogens (tertiary/aromatic N) is 1. The van der Waals surface area contributed by atoms with Crippen molar-refractivity contribution in [1.29, 1.82) is 0 Å². The van der Waals surface area contributed by atoms with Gasteiger partial charge in [-0.25, -0.2) is 4.79 Å². The number of hydrogen-bond donors (Lipinski definition) is 0. The van der Waals surface area contributed by atoms with E-state index in [2.05, 4.69) is 0 Å². The van der Waals surface area contributed by atoms with Gasteiger partial charge in [0.15, 0.2) is 6.10 Å². The lowest BCUT2D eigenvalue weighted by Crippen LogP contribution is -2.40. The van der Waals surface area contributed by atoms with E-state index in [1.54, 1.807) is 24.0 Å². The molecule has 0 saturated carbocycles. The van der Waals surface area contributed by atoms with Crippen LogP contribution < -0.4 is 4.90 Å². The van der Waals surface area contributed by atoms with Crippen molar-refractivity contribution in [2.75, 3.05) is 23.0 Å². The minimum atomic E-state index is -0.850. The van der Waals surface area contributed by atoms with Crippen LogP contribution in [0.5, 0.6) is 0 Å². The number of anilines is 1. The first kappa shape index (κ1) is 20.8. The Labute approximate surface area is 175 Å². The van der Waals surface area contributed by atoms with Crippen molar-refractivity contribution >= 4 is 41.1 Å². The molecule has 148 valence electrons. The number of ether oxygens (including phenoxy) is 1. The summed E-state index contributed by atoms with van der Waals surface area (Å²) in [6.07, 6.45) is 0.400. The van der Waals surface area contributed by atoms with Crippen LogP contribution in [0.1, 0.15) is 40.8 Å². The second-order valence-electron chi connectivity index (χ2n) is 6.51. The van der Waals surface area contributed by atoms with E-state index >= 15 is 0 Å². The Balaban J connectivity index is 1.62. The number of likely N-dealkylation sites (N-methyl/N-ethyl adjacent to an activating group) is 1. The van der Waals surface area contributed by atoms with Crippen molar-refractivity contribution in [3.63, 3.8) is 0 Å². The number of para-hydroxylation sites is 1. The highest BCUT2D eigenvalue weighted by atomic mass is 32.2. The molecule has 6 heteroatoms. The highest BCUT2D eigenvalue weighted by Gasteiger charge is 2.25. The summed E-state index contributed by atoms with van der Waals surface area (Å²) < 4.78 is 5.88. The second-order valence-corrected chi connectivity index (χ2v) is 9.24. The van der Waals surface area contributed by atoms with Gasteiger partial charge in [0.05, 0.1) is 10.1 Å². The molecule has 1 aliphatic rings. The van der Waals surface area contributed by atoms with Gasteiger partial charge in [-0.05, 0) is 61.6 Å². The normalized spacial score (nSPS) is 15.6. The minimum absolute atomic E-state index is 0.228. The molecule has 28 heavy (non-hydrogen) atoms. The first-order valence-corrected chi connectivity index (χ1v) is 11.6. The van der Waals surface area contributed by atoms with E-state index in [-0.39, 0.29) is 5.91 Å². The molecule has 0 N–H and O–H groups in total. The van der Waals surface area contributed by atoms with Crippen LogP contribution in [0.3, 0.4) is 0 Å². The van der Waals surface area contributed by atoms with Crippen LogP contribution in [0.2, 0.25) is 0 Å². The Morgan fingerprint density at radius 3 is 2.32 bits per heavy atom. The van der Waals surface area contributed by atoms with Gasteiger partial charge in [-0.15, -0.1) is 23.5 Å². The number of thioether (sulfide) groups is 2. The Morgan fingerprint density at radius 2 is 1.71 bits per heavy atom. The van der Waals surface area contributed by atoms with Crippen molar-refractivity contribution in [2.24, 2.45) is 0 Å². The third kappa shape index (κ3) is 5.11. The standard InChI is InChI=1S/C22H25NO3S2/c1-3-23(19-8-5-4-6-9-19)20(24)16(2)26-21(25)17-10-12-18(13-11-17)22-27-14-7-15-28-22/h4-6,8-13,16,22H,3,7,14-15H2,1-2H3/t16-/m1/s1. The fourth-order valence-electron chi connectivity index (χ4n) is 3.03. The third-order valence-corrected chi connectivity index (χ3v) is 7.54. The zero-order valence-electron chi connectivity index (χ0n) is 16.2. The van der Waals surface area contributed by atoms with Gasteiger partial charge in [0.1, 0.15) is 0 Å². The highest BCUT2D eigenvalue weighted by Crippen LogP contribution is 2.43. The van der Waals surface area contributed by atoms with Gasteiger partial charge in [-0.3, -0.25) is 4.79 Å². The Morgan fingerprint density at radius 1 is 1.07 bits per heavy atom. The van der Waals surface area contributed by atoms with Gasteiger partial charge in [-0.2, -0.15) is 0 Å². The summed E-state index contributed by atoms with van der Waals surface area (Å²) in [4.78, 5) is 26.9. The van der Waals surface area contributed by atoms with E-state index < -0.39 is 12.1 Å². The fourth-order valence-corrected chi connectivity index (χ4v) is 5.92. The maximum absolute atomic E-state index is 12.7. The van der Waals surface area contributed by atoms with Crippen molar-refractivity contribution in [1.82, 2.24) is 0 Å². The van der Waals surface area contributed by atoms with Gasteiger partial charge in [0, 0.05) is 12.2 Å². The van der Waals surface area contributed by atoms with E-state index in [9.17, 15) is 9.59 Å². The number of carbonyl (C=O) groups is 2. The van der Waals surface area contributed by atoms with Gasteiger partial charge in [0.2, 0.25) is 0 Å². The summed E-state index contributed by atoms with van der Waals surface area (Å²) in [5, 5.41) is 0. The van der Waals surface area contributed by atoms with Crippen LogP contribution in [-0.4, -0.2) is 36.0 Å². The van der Waals surface area contributed by atoms with Gasteiger partial charge in [-0.1, -0.05) is 30.3 Å². The van der Waals surface area contributed by atoms with Crippen LogP contribution in [0.4, 0.5) is 5.69 Å². The SMILES string of the molecule is CCN(C(=O)[C@@H](C)OC(=O)c1ccc(C2SCCCS2)cc1)c1ccccc1. The number of hydrogen-bond acceptors (Lipinski definition) is 5. The van der Waals surface area contributed by atoms with Crippen molar-refractivity contribution in [2.45, 2.75) is 31.0 Å². The predicted octanol–water partition coefficient (Wildman–Crippen LogP) is 5.15. The first-order chi connectivity index (χ1) is 13.6. The number of amides is 1. The molecule has 2 aromatic carbocycles. The Hall–Kier alpha value is -1.92. The lowest BCUT2D eigenvalue weighted by atomic mass is 10.1. The summed E-state index contributed by atoms with van der Waals surface area (Å²) in [6, 6.07) is 17.0. The maximum Gasteiger partial charge on any atom is 0.338 e. The molecule has 4 nitrogen and oxygen atoms in total. The summed E-state index contributed by atoms with van der Waals surface area (Å²) in [5.74, 6) is 1.65. The quantitative estimate of drug-likeness (QED) is 0.610. The van der Waals surface area contributed by atoms with Crippen molar-refractivity contribution in [3.8, 4) is 0 Å². The number of benzene rings is 2. The zero-order valence-corrected chi connectivity index (χ0v) is 17.8. The minimum Gasteiger partial charge on any atom is -0.449 e. The zero-order chi connectivity index (χ0) is 19.9. The molecule has 0 unspecified atom stereocenters. The second kappa shape index (κ2) is 10.0. The molecule has 1 amide bonds. The van der Waals surface area contributed by atoms with E-state index in [0.717, 1.165) is 5.69 Å². The summed E-state index contributed by atoms with van der Waals surface area (Å²) in [5.41, 5.74) is 2.48. The molecule has 1 saturated heterocycles. The predicted molar refractivity (Wildman–Crippen MR) is 118 cm³/mol. The average molecular weight is 416 g/mol. The first-order valence-electron chi connectivity index (χ1n) is 9.50. The summed E-state index contributed by atoms with van der Waals surface area (Å²) >= 11 is 3.89. The molecule has 1 fully saturated rings. The molecule has 1 heterocycles. The Bertz CT molecular complexity index is 789. The topological polar surface area (TPSA) is 46.6 Å². The summed E-state index contributed by atoms with van der Waals surface area (Å²) in [6.45, 7) is 4.03. The lowest BCUT2D eigenvalue weighted by Gasteiger charge is -2.24. The van der Waals surface area contributed by atoms with Gasteiger partial charge < -0.3 is 9.64 Å². The fraction of sp³-hybridized carbons (Fsp3) is 0.364. The third-order valence-electron chi connectivity index (χ3n) is 4.53. The van der Waals surface area contributed by atoms with E-state index in [1.807, 2.05) is 72.9 Å². The smallest absolute Gasteiger partial charge is 0.338 e. The molecule has 2 aromatic rings. The number of rotatable bonds is 6. The van der Waals surface area contributed by atoms with E-state index in [1.165, 1.54) is 23.5 Å². The molecular weight excluding hydrogens is 390 g/mol. The van der Waals surface area contributed by atoms with Crippen molar-refractivity contribution < 1.29 is 14.3 Å². The number of carbonyl (C=O) groups excluding carboxylic acids is 2. The van der Waals surface area contributed by atoms with Gasteiger partial charge in [0.25, 0.3) is 5.91 Å². The Kier molecular flexibility index (Phi) is 7.45. The van der Waals surface area contributed by atoms with Crippen LogP contribution in [0.15, 0.2) is 54.6 Å². The molecule has 0 bridgehead atoms. The molecule has 0 aromatic heterocycles. The lowest BCUT2D eigenvalue weighted by molar-refractivity contribution is -0.126. The molecule has 0 aliphatic carbocycles. The average Bonchev–Trinajstić information content (AvgIpc) is 2.75. The van der Waals surface area contributed by atoms with Gasteiger partial charge >= 0.3 is 5.97 Å². The molecule has 0 spiro atoms. The largest absolute Gasteiger partial charge is 0.449 e. The highest BCUT2D eigenvalue weighted by molar-refractivity contribution is 8.16. The number of esters is 1. The van der Waals surface area contributed by atoms with Crippen LogP contribution in [0, 0.1) is 0 Å². The van der Waals surface area contributed by atoms with Crippen LogP contribution in [0.25, 0.3) is 0 Å². The van der Waals surface area contributed by atoms with Crippen LogP contribution in [-0.2, 0) is 9.53 Å². The molecular formula is C22H25NO3S2. The monoisotopic (exact) mass is 415 g/mol. The summed E-state index contributed by atoms with van der Waals surface area (Å²) in [7, 11) is 0. The van der Waals surface area contributed by atoms with Crippen molar-refractivity contribution in [3.05, 3.63) is 65.7 Å². The van der Waals surface area contributed by atoms with Crippen LogP contribution >= 0.6 is 23.5 Å². The van der Waals surface area contributed by atoms with E-state index in [0.29, 0.717) is 16.7 Å². The molecule has 3 rings (SSSR count). The molecule has 1 aliphatic heterocycles. The maximum atomic E-state index is 12.7.